The zero-order chi connectivity index (χ0) is 18.0. The Hall–Kier alpha value is -2.52. The lowest BCUT2D eigenvalue weighted by atomic mass is 9.72. The lowest BCUT2D eigenvalue weighted by Gasteiger charge is -2.33. The van der Waals surface area contributed by atoms with Gasteiger partial charge >= 0.3 is 0 Å². The van der Waals surface area contributed by atoms with E-state index in [-0.39, 0.29) is 11.5 Å². The fourth-order valence-corrected chi connectivity index (χ4v) is 4.05. The van der Waals surface area contributed by atoms with Crippen LogP contribution in [-0.4, -0.2) is 31.7 Å². The van der Waals surface area contributed by atoms with Gasteiger partial charge in [0.05, 0.1) is 12.5 Å². The molecule has 3 heteroatoms. The van der Waals surface area contributed by atoms with Crippen molar-refractivity contribution in [3.05, 3.63) is 84.0 Å². The number of hydrogen-bond acceptors (Lipinski definition) is 3. The molecule has 2 aromatic rings. The first-order valence-electron chi connectivity index (χ1n) is 9.15. The molecule has 1 aliphatic heterocycles. The molecule has 0 N–H and O–H groups in total. The molecule has 134 valence electrons. The van der Waals surface area contributed by atoms with Gasteiger partial charge in [-0.05, 0) is 37.7 Å². The molecule has 3 nitrogen and oxygen atoms in total. The number of ether oxygens (including phenoxy) is 2. The number of hydrogen-bond donors (Lipinski definition) is 0. The van der Waals surface area contributed by atoms with E-state index in [4.69, 9.17) is 9.47 Å². The summed E-state index contributed by atoms with van der Waals surface area (Å²) in [4.78, 5) is 2.38. The SMILES string of the molecule is COc1cccc2c1O[C@H]1C=CC=C[C@@]21CCN(C)Cc1ccccc1. The second-order valence-corrected chi connectivity index (χ2v) is 7.13. The molecular formula is C23H25NO2. The van der Waals surface area contributed by atoms with Crippen molar-refractivity contribution in [2.24, 2.45) is 0 Å². The topological polar surface area (TPSA) is 21.7 Å². The number of nitrogens with zero attached hydrogens (tertiary/aromatic N) is 1. The molecule has 1 aliphatic carbocycles. The monoisotopic (exact) mass is 347 g/mol. The molecule has 4 rings (SSSR count). The maximum absolute atomic E-state index is 6.31. The van der Waals surface area contributed by atoms with Crippen molar-refractivity contribution in [2.75, 3.05) is 20.7 Å². The van der Waals surface area contributed by atoms with Gasteiger partial charge in [-0.1, -0.05) is 60.7 Å². The average Bonchev–Trinajstić information content (AvgIpc) is 3.02. The molecule has 0 radical (unpaired) electrons. The average molecular weight is 347 g/mol. The first-order valence-corrected chi connectivity index (χ1v) is 9.15. The quantitative estimate of drug-likeness (QED) is 0.776. The summed E-state index contributed by atoms with van der Waals surface area (Å²) in [5.41, 5.74) is 2.45. The molecule has 0 spiro atoms. The minimum absolute atomic E-state index is 0.0314. The second kappa shape index (κ2) is 7.00. The molecule has 2 atom stereocenters. The third-order valence-electron chi connectivity index (χ3n) is 5.45. The largest absolute Gasteiger partial charge is 0.493 e. The third kappa shape index (κ3) is 2.93. The molecule has 0 bridgehead atoms. The molecule has 26 heavy (non-hydrogen) atoms. The van der Waals surface area contributed by atoms with Gasteiger partial charge in [0.2, 0.25) is 0 Å². The highest BCUT2D eigenvalue weighted by Gasteiger charge is 2.47. The number of para-hydroxylation sites is 1. The van der Waals surface area contributed by atoms with Crippen molar-refractivity contribution >= 4 is 0 Å². The number of rotatable bonds is 6. The van der Waals surface area contributed by atoms with Crippen LogP contribution in [0.25, 0.3) is 0 Å². The van der Waals surface area contributed by atoms with Gasteiger partial charge < -0.3 is 14.4 Å². The van der Waals surface area contributed by atoms with Crippen molar-refractivity contribution in [1.29, 1.82) is 0 Å². The van der Waals surface area contributed by atoms with E-state index in [0.29, 0.717) is 0 Å². The van der Waals surface area contributed by atoms with E-state index < -0.39 is 0 Å². The highest BCUT2D eigenvalue weighted by molar-refractivity contribution is 5.58. The van der Waals surface area contributed by atoms with Gasteiger partial charge in [0.15, 0.2) is 11.5 Å². The van der Waals surface area contributed by atoms with E-state index in [1.165, 1.54) is 11.1 Å². The summed E-state index contributed by atoms with van der Waals surface area (Å²) in [6.07, 6.45) is 9.72. The number of methoxy groups -OCH3 is 1. The van der Waals surface area contributed by atoms with Gasteiger partial charge in [0.25, 0.3) is 0 Å². The molecule has 0 aromatic heterocycles. The summed E-state index contributed by atoms with van der Waals surface area (Å²) in [7, 11) is 3.89. The highest BCUT2D eigenvalue weighted by atomic mass is 16.5. The Bertz CT molecular complexity index is 827. The molecule has 1 heterocycles. The van der Waals surface area contributed by atoms with Gasteiger partial charge in [-0.2, -0.15) is 0 Å². The zero-order valence-electron chi connectivity index (χ0n) is 15.4. The van der Waals surface area contributed by atoms with Crippen LogP contribution in [0.5, 0.6) is 11.5 Å². The van der Waals surface area contributed by atoms with E-state index in [1.54, 1.807) is 7.11 Å². The van der Waals surface area contributed by atoms with Crippen molar-refractivity contribution in [2.45, 2.75) is 24.5 Å². The van der Waals surface area contributed by atoms with Crippen LogP contribution >= 0.6 is 0 Å². The van der Waals surface area contributed by atoms with E-state index in [1.807, 2.05) is 6.07 Å². The minimum atomic E-state index is -0.121. The van der Waals surface area contributed by atoms with Crippen LogP contribution < -0.4 is 9.47 Å². The molecule has 0 amide bonds. The second-order valence-electron chi connectivity index (χ2n) is 7.13. The first-order chi connectivity index (χ1) is 12.7. The summed E-state index contributed by atoms with van der Waals surface area (Å²) < 4.78 is 11.8. The lowest BCUT2D eigenvalue weighted by Crippen LogP contribution is -2.39. The molecule has 2 aromatic carbocycles. The predicted octanol–water partition coefficient (Wildman–Crippen LogP) is 4.34. The van der Waals surface area contributed by atoms with Gasteiger partial charge in [-0.3, -0.25) is 0 Å². The number of fused-ring (bicyclic) bond motifs is 3. The van der Waals surface area contributed by atoms with E-state index in [9.17, 15) is 0 Å². The van der Waals surface area contributed by atoms with Crippen LogP contribution in [0.2, 0.25) is 0 Å². The standard InChI is InChI=1S/C23H25NO2/c1-24(17-18-9-4-3-5-10-18)16-15-23-14-7-6-13-21(23)26-22-19(23)11-8-12-20(22)25-2/h3-14,21H,15-17H2,1-2H3/t21-,23+/m0/s1. The molecule has 0 saturated heterocycles. The normalized spacial score (nSPS) is 22.8. The van der Waals surface area contributed by atoms with Gasteiger partial charge in [-0.15, -0.1) is 0 Å². The summed E-state index contributed by atoms with van der Waals surface area (Å²) in [5, 5.41) is 0. The molecule has 0 unspecified atom stereocenters. The van der Waals surface area contributed by atoms with Crippen molar-refractivity contribution in [3.63, 3.8) is 0 Å². The lowest BCUT2D eigenvalue weighted by molar-refractivity contribution is 0.189. The zero-order valence-corrected chi connectivity index (χ0v) is 15.4. The van der Waals surface area contributed by atoms with Crippen LogP contribution in [0.1, 0.15) is 17.5 Å². The summed E-state index contributed by atoms with van der Waals surface area (Å²) >= 11 is 0. The predicted molar refractivity (Wildman–Crippen MR) is 105 cm³/mol. The van der Waals surface area contributed by atoms with E-state index in [2.05, 4.69) is 78.7 Å². The van der Waals surface area contributed by atoms with Crippen LogP contribution in [-0.2, 0) is 12.0 Å². The molecule has 0 fully saturated rings. The van der Waals surface area contributed by atoms with Crippen molar-refractivity contribution < 1.29 is 9.47 Å². The number of allylic oxidation sites excluding steroid dienone is 2. The Kier molecular flexibility index (Phi) is 4.56. The molecule has 0 saturated carbocycles. The molecule has 2 aliphatic rings. The van der Waals surface area contributed by atoms with Crippen molar-refractivity contribution in [1.82, 2.24) is 4.90 Å². The molecular weight excluding hydrogens is 322 g/mol. The van der Waals surface area contributed by atoms with Crippen LogP contribution in [0, 0.1) is 0 Å². The van der Waals surface area contributed by atoms with E-state index >= 15 is 0 Å². The number of benzene rings is 2. The fraction of sp³-hybridized carbons (Fsp3) is 0.304. The van der Waals surface area contributed by atoms with Crippen LogP contribution in [0.4, 0.5) is 0 Å². The van der Waals surface area contributed by atoms with E-state index in [0.717, 1.165) is 31.0 Å². The van der Waals surface area contributed by atoms with Gasteiger partial charge in [0, 0.05) is 12.1 Å². The Labute approximate surface area is 155 Å². The maximum atomic E-state index is 6.31. The van der Waals surface area contributed by atoms with Crippen LogP contribution in [0.3, 0.4) is 0 Å². The Balaban J connectivity index is 1.56. The summed E-state index contributed by atoms with van der Waals surface area (Å²) in [6, 6.07) is 16.8. The van der Waals surface area contributed by atoms with Gasteiger partial charge in [-0.25, -0.2) is 0 Å². The minimum Gasteiger partial charge on any atom is -0.493 e. The smallest absolute Gasteiger partial charge is 0.166 e. The summed E-state index contributed by atoms with van der Waals surface area (Å²) in [6.45, 7) is 1.94. The first kappa shape index (κ1) is 16.9. The Morgan fingerprint density at radius 2 is 1.92 bits per heavy atom. The maximum Gasteiger partial charge on any atom is 0.166 e. The van der Waals surface area contributed by atoms with Gasteiger partial charge in [0.1, 0.15) is 6.10 Å². The Morgan fingerprint density at radius 1 is 1.08 bits per heavy atom. The van der Waals surface area contributed by atoms with Crippen LogP contribution in [0.15, 0.2) is 72.8 Å². The Morgan fingerprint density at radius 3 is 2.73 bits per heavy atom. The highest BCUT2D eigenvalue weighted by Crippen LogP contribution is 2.51. The third-order valence-corrected chi connectivity index (χ3v) is 5.45. The fourth-order valence-electron chi connectivity index (χ4n) is 4.05. The van der Waals surface area contributed by atoms with Crippen molar-refractivity contribution in [3.8, 4) is 11.5 Å². The summed E-state index contributed by atoms with van der Waals surface area (Å²) in [5.74, 6) is 1.71.